The molecule has 0 aliphatic heterocycles. The van der Waals surface area contributed by atoms with Crippen LogP contribution in [0.5, 0.6) is 5.88 Å². The number of aromatic nitrogens is 5. The predicted octanol–water partition coefficient (Wildman–Crippen LogP) is 3.43. The summed E-state index contributed by atoms with van der Waals surface area (Å²) in [5.41, 5.74) is 1.09. The van der Waals surface area contributed by atoms with Crippen LogP contribution in [0, 0.1) is 6.92 Å². The Hall–Kier alpha value is -3.50. The summed E-state index contributed by atoms with van der Waals surface area (Å²) in [5, 5.41) is 9.90. The normalized spacial score (nSPS) is 12.5. The van der Waals surface area contributed by atoms with E-state index in [-0.39, 0.29) is 28.8 Å². The van der Waals surface area contributed by atoms with Gasteiger partial charge in [0.05, 0.1) is 7.11 Å². The van der Waals surface area contributed by atoms with E-state index in [4.69, 9.17) is 4.74 Å². The zero-order valence-corrected chi connectivity index (χ0v) is 15.7. The zero-order chi connectivity index (χ0) is 21.2. The van der Waals surface area contributed by atoms with Gasteiger partial charge >= 0.3 is 6.18 Å². The fraction of sp³-hybridized carbons (Fsp3) is 0.278. The van der Waals surface area contributed by atoms with E-state index in [0.717, 1.165) is 23.4 Å². The van der Waals surface area contributed by atoms with E-state index in [1.807, 2.05) is 0 Å². The lowest BCUT2D eigenvalue weighted by Gasteiger charge is -2.18. The van der Waals surface area contributed by atoms with Gasteiger partial charge in [0, 0.05) is 6.20 Å². The van der Waals surface area contributed by atoms with Crippen LogP contribution in [0.2, 0.25) is 0 Å². The summed E-state index contributed by atoms with van der Waals surface area (Å²) in [6.45, 7) is 2.77. The molecule has 0 unspecified atom stereocenters. The summed E-state index contributed by atoms with van der Waals surface area (Å²) in [6, 6.07) is 4.29. The van der Waals surface area contributed by atoms with E-state index in [1.165, 1.54) is 19.2 Å². The number of carbonyl (C=O) groups excluding carboxylic acids is 1. The minimum Gasteiger partial charge on any atom is -0.480 e. The van der Waals surface area contributed by atoms with Gasteiger partial charge in [-0.15, -0.1) is 10.2 Å². The number of halogens is 3. The highest BCUT2D eigenvalue weighted by atomic mass is 19.4. The number of rotatable bonds is 5. The molecule has 0 saturated heterocycles. The van der Waals surface area contributed by atoms with Crippen LogP contribution in [0.1, 0.15) is 28.9 Å². The molecule has 0 radical (unpaired) electrons. The lowest BCUT2D eigenvalue weighted by Crippen LogP contribution is -2.24. The molecule has 0 saturated carbocycles. The molecule has 29 heavy (non-hydrogen) atoms. The molecule has 0 fully saturated rings. The zero-order valence-electron chi connectivity index (χ0n) is 15.7. The minimum absolute atomic E-state index is 0.0688. The number of ether oxygens (including phenoxy) is 1. The van der Waals surface area contributed by atoms with Crippen LogP contribution in [0.4, 0.5) is 19.0 Å². The summed E-state index contributed by atoms with van der Waals surface area (Å²) in [4.78, 5) is 20.8. The first kappa shape index (κ1) is 20.2. The third kappa shape index (κ3) is 4.33. The maximum Gasteiger partial charge on any atom is 0.408 e. The highest BCUT2D eigenvalue weighted by molar-refractivity contribution is 6.05. The Kier molecular flexibility index (Phi) is 5.48. The fourth-order valence-corrected chi connectivity index (χ4v) is 2.56. The van der Waals surface area contributed by atoms with Crippen molar-refractivity contribution in [1.29, 1.82) is 0 Å². The second kappa shape index (κ2) is 7.86. The highest BCUT2D eigenvalue weighted by Gasteiger charge is 2.38. The average Bonchev–Trinajstić information content (AvgIpc) is 3.16. The van der Waals surface area contributed by atoms with Crippen LogP contribution >= 0.6 is 0 Å². The van der Waals surface area contributed by atoms with Gasteiger partial charge in [0.25, 0.3) is 5.91 Å². The van der Waals surface area contributed by atoms with Crippen molar-refractivity contribution in [2.24, 2.45) is 0 Å². The molecule has 1 atom stereocenters. The highest BCUT2D eigenvalue weighted by Crippen LogP contribution is 2.32. The van der Waals surface area contributed by atoms with Gasteiger partial charge in [0.2, 0.25) is 5.88 Å². The second-order valence-corrected chi connectivity index (χ2v) is 6.21. The van der Waals surface area contributed by atoms with Crippen molar-refractivity contribution in [3.05, 3.63) is 47.9 Å². The fourth-order valence-electron chi connectivity index (χ4n) is 2.56. The molecule has 3 aromatic heterocycles. The van der Waals surface area contributed by atoms with Gasteiger partial charge in [-0.1, -0.05) is 6.07 Å². The van der Waals surface area contributed by atoms with Crippen molar-refractivity contribution in [2.75, 3.05) is 12.4 Å². The summed E-state index contributed by atoms with van der Waals surface area (Å²) in [6.07, 6.45) is -1.93. The third-order valence-corrected chi connectivity index (χ3v) is 4.11. The van der Waals surface area contributed by atoms with Crippen molar-refractivity contribution >= 4 is 11.7 Å². The maximum absolute atomic E-state index is 13.1. The van der Waals surface area contributed by atoms with E-state index in [1.54, 1.807) is 25.3 Å². The molecule has 3 rings (SSSR count). The molecule has 0 aromatic carbocycles. The quantitative estimate of drug-likeness (QED) is 0.698. The summed E-state index contributed by atoms with van der Waals surface area (Å²) in [5.74, 6) is -0.318. The molecule has 3 aromatic rings. The van der Waals surface area contributed by atoms with E-state index < -0.39 is 18.1 Å². The first-order valence-electron chi connectivity index (χ1n) is 8.46. The van der Waals surface area contributed by atoms with Gasteiger partial charge in [-0.3, -0.25) is 4.79 Å². The monoisotopic (exact) mass is 406 g/mol. The largest absolute Gasteiger partial charge is 0.480 e. The van der Waals surface area contributed by atoms with E-state index in [9.17, 15) is 18.0 Å². The average molecular weight is 406 g/mol. The Morgan fingerprint density at radius 2 is 2.07 bits per heavy atom. The number of methoxy groups -OCH3 is 1. The van der Waals surface area contributed by atoms with Crippen molar-refractivity contribution in [3.63, 3.8) is 0 Å². The van der Waals surface area contributed by atoms with Gasteiger partial charge in [0.1, 0.15) is 29.4 Å². The topological polar surface area (TPSA) is 94.8 Å². The molecular weight excluding hydrogens is 389 g/mol. The molecular formula is C18H17F3N6O2. The number of nitrogens with zero attached hydrogens (tertiary/aromatic N) is 5. The molecule has 11 heteroatoms. The van der Waals surface area contributed by atoms with Gasteiger partial charge in [-0.05, 0) is 37.6 Å². The summed E-state index contributed by atoms with van der Waals surface area (Å²) < 4.78 is 45.2. The van der Waals surface area contributed by atoms with Crippen LogP contribution in [-0.2, 0) is 0 Å². The maximum atomic E-state index is 13.1. The van der Waals surface area contributed by atoms with Crippen molar-refractivity contribution in [1.82, 2.24) is 24.7 Å². The number of hydrogen-bond acceptors (Lipinski definition) is 6. The Morgan fingerprint density at radius 1 is 1.31 bits per heavy atom. The molecule has 1 N–H and O–H groups in total. The third-order valence-electron chi connectivity index (χ3n) is 4.11. The van der Waals surface area contributed by atoms with E-state index in [0.29, 0.717) is 0 Å². The van der Waals surface area contributed by atoms with Crippen molar-refractivity contribution in [3.8, 4) is 17.4 Å². The van der Waals surface area contributed by atoms with E-state index >= 15 is 0 Å². The SMILES string of the molecule is COc1ncc(C)cc1C(=O)Nc1cccc(-c2nncn2[C@@H](C)C(F)(F)F)n1. The first-order valence-corrected chi connectivity index (χ1v) is 8.46. The Balaban J connectivity index is 1.90. The molecule has 0 aliphatic rings. The first-order chi connectivity index (χ1) is 13.7. The van der Waals surface area contributed by atoms with Gasteiger partial charge in [-0.2, -0.15) is 13.2 Å². The van der Waals surface area contributed by atoms with E-state index in [2.05, 4.69) is 25.5 Å². The molecule has 1 amide bonds. The molecule has 152 valence electrons. The number of alkyl halides is 3. The van der Waals surface area contributed by atoms with Crippen molar-refractivity contribution < 1.29 is 22.7 Å². The van der Waals surface area contributed by atoms with Crippen LogP contribution in [0.3, 0.4) is 0 Å². The Morgan fingerprint density at radius 3 is 2.76 bits per heavy atom. The summed E-state index contributed by atoms with van der Waals surface area (Å²) >= 11 is 0. The van der Waals surface area contributed by atoms with Crippen molar-refractivity contribution in [2.45, 2.75) is 26.1 Å². The number of hydrogen-bond donors (Lipinski definition) is 1. The number of nitrogens with one attached hydrogen (secondary N) is 1. The molecule has 3 heterocycles. The number of amides is 1. The molecule has 8 nitrogen and oxygen atoms in total. The second-order valence-electron chi connectivity index (χ2n) is 6.21. The van der Waals surface area contributed by atoms with Gasteiger partial charge < -0.3 is 14.6 Å². The Labute approximate surface area is 163 Å². The molecule has 0 aliphatic carbocycles. The lowest BCUT2D eigenvalue weighted by molar-refractivity contribution is -0.162. The number of pyridine rings is 2. The predicted molar refractivity (Wildman–Crippen MR) is 97.5 cm³/mol. The Bertz CT molecular complexity index is 1030. The van der Waals surface area contributed by atoms with Crippen LogP contribution in [0.15, 0.2) is 36.8 Å². The van der Waals surface area contributed by atoms with Gasteiger partial charge in [0.15, 0.2) is 5.82 Å². The number of aryl methyl sites for hydroxylation is 1. The number of carbonyl (C=O) groups is 1. The lowest BCUT2D eigenvalue weighted by atomic mass is 10.2. The van der Waals surface area contributed by atoms with Crippen LogP contribution < -0.4 is 10.1 Å². The minimum atomic E-state index is -4.47. The van der Waals surface area contributed by atoms with Crippen LogP contribution in [0.25, 0.3) is 11.5 Å². The molecule has 0 spiro atoms. The standard InChI is InChI=1S/C18H17F3N6O2/c1-10-7-12(17(29-3)22-8-10)16(28)25-14-6-4-5-13(24-14)15-26-23-9-27(15)11(2)18(19,20)21/h4-9,11H,1-3H3,(H,24,25,28)/t11-/m0/s1. The van der Waals surface area contributed by atoms with Crippen LogP contribution in [-0.4, -0.2) is 43.9 Å². The van der Waals surface area contributed by atoms with Gasteiger partial charge in [-0.25, -0.2) is 9.97 Å². The number of anilines is 1. The summed E-state index contributed by atoms with van der Waals surface area (Å²) in [7, 11) is 1.39. The molecule has 0 bridgehead atoms. The smallest absolute Gasteiger partial charge is 0.408 e.